The molecule has 0 aliphatic heterocycles. The normalized spacial score (nSPS) is 15.2. The van der Waals surface area contributed by atoms with Gasteiger partial charge in [0.05, 0.1) is 5.60 Å². The molecule has 0 saturated carbocycles. The number of carbonyl (C=O) groups excluding carboxylic acids is 1. The van der Waals surface area contributed by atoms with Crippen molar-refractivity contribution in [1.29, 1.82) is 0 Å². The molecule has 1 atom stereocenters. The van der Waals surface area contributed by atoms with Crippen molar-refractivity contribution >= 4 is 5.78 Å². The predicted molar refractivity (Wildman–Crippen MR) is 105 cm³/mol. The minimum atomic E-state index is -0.298. The Hall–Kier alpha value is -1.67. The van der Waals surface area contributed by atoms with E-state index in [0.29, 0.717) is 13.0 Å². The Morgan fingerprint density at radius 2 is 1.88 bits per heavy atom. The summed E-state index contributed by atoms with van der Waals surface area (Å²) in [6, 6.07) is 0. The van der Waals surface area contributed by atoms with Crippen molar-refractivity contribution in [2.75, 3.05) is 6.61 Å². The van der Waals surface area contributed by atoms with E-state index in [1.807, 2.05) is 52.8 Å². The summed E-state index contributed by atoms with van der Waals surface area (Å²) in [5.41, 5.74) is 2.99. The first-order chi connectivity index (χ1) is 11.2. The molecule has 0 heterocycles. The molecule has 2 heteroatoms. The zero-order chi connectivity index (χ0) is 18.6. The Morgan fingerprint density at radius 1 is 1.21 bits per heavy atom. The number of hydrogen-bond acceptors (Lipinski definition) is 2. The molecule has 0 radical (unpaired) electrons. The molecule has 0 aliphatic carbocycles. The van der Waals surface area contributed by atoms with Gasteiger partial charge in [-0.25, -0.2) is 0 Å². The van der Waals surface area contributed by atoms with Gasteiger partial charge in [-0.3, -0.25) is 4.79 Å². The van der Waals surface area contributed by atoms with Crippen molar-refractivity contribution < 1.29 is 9.53 Å². The van der Waals surface area contributed by atoms with Crippen molar-refractivity contribution in [2.45, 2.75) is 66.4 Å². The molecule has 0 spiro atoms. The van der Waals surface area contributed by atoms with E-state index in [1.165, 1.54) is 0 Å². The Kier molecular flexibility index (Phi) is 11.0. The van der Waals surface area contributed by atoms with Crippen LogP contribution in [-0.4, -0.2) is 18.0 Å². The molecule has 0 aromatic carbocycles. The molecule has 0 aromatic heterocycles. The van der Waals surface area contributed by atoms with Crippen molar-refractivity contribution in [1.82, 2.24) is 0 Å². The van der Waals surface area contributed by atoms with Crippen LogP contribution in [0.15, 0.2) is 59.8 Å². The standard InChI is InChI=1S/C22H34O2/c1-8-19(5)12-10-14-22(7,24-9-2)15-11-13-20(6)17-21(23)16-18(3)4/h8,10,12-14,16H,1,9,11,15,17H2,2-7H3/b14-10+,19-12+,20-13+/t22-/m0/s1. The van der Waals surface area contributed by atoms with Gasteiger partial charge in [-0.15, -0.1) is 0 Å². The van der Waals surface area contributed by atoms with E-state index in [9.17, 15) is 4.79 Å². The van der Waals surface area contributed by atoms with Gasteiger partial charge in [0.2, 0.25) is 0 Å². The first kappa shape index (κ1) is 22.3. The van der Waals surface area contributed by atoms with Crippen LogP contribution in [0.3, 0.4) is 0 Å². The van der Waals surface area contributed by atoms with Crippen LogP contribution >= 0.6 is 0 Å². The largest absolute Gasteiger partial charge is 0.371 e. The molecule has 24 heavy (non-hydrogen) atoms. The molecular formula is C22H34O2. The Morgan fingerprint density at radius 3 is 2.42 bits per heavy atom. The lowest BCUT2D eigenvalue weighted by molar-refractivity contribution is -0.114. The van der Waals surface area contributed by atoms with Crippen molar-refractivity contribution in [3.8, 4) is 0 Å². The third-order valence-corrected chi connectivity index (χ3v) is 3.64. The fraction of sp³-hybridized carbons (Fsp3) is 0.500. The molecule has 0 bridgehead atoms. The van der Waals surface area contributed by atoms with Gasteiger partial charge in [-0.1, -0.05) is 53.7 Å². The second kappa shape index (κ2) is 11.8. The van der Waals surface area contributed by atoms with Gasteiger partial charge >= 0.3 is 0 Å². The van der Waals surface area contributed by atoms with Gasteiger partial charge in [-0.05, 0) is 60.5 Å². The molecule has 134 valence electrons. The summed E-state index contributed by atoms with van der Waals surface area (Å²) in [7, 11) is 0. The molecule has 0 aliphatic rings. The lowest BCUT2D eigenvalue weighted by Crippen LogP contribution is -2.25. The average molecular weight is 331 g/mol. The smallest absolute Gasteiger partial charge is 0.159 e. The molecule has 2 nitrogen and oxygen atoms in total. The average Bonchev–Trinajstić information content (AvgIpc) is 2.46. The van der Waals surface area contributed by atoms with Gasteiger partial charge in [-0.2, -0.15) is 0 Å². The molecule has 0 aromatic rings. The highest BCUT2D eigenvalue weighted by Gasteiger charge is 2.19. The first-order valence-electron chi connectivity index (χ1n) is 8.68. The monoisotopic (exact) mass is 330 g/mol. The fourth-order valence-corrected chi connectivity index (χ4v) is 2.33. The van der Waals surface area contributed by atoms with Crippen molar-refractivity contribution in [2.24, 2.45) is 0 Å². The summed E-state index contributed by atoms with van der Waals surface area (Å²) in [4.78, 5) is 11.8. The number of ketones is 1. The van der Waals surface area contributed by atoms with Crippen molar-refractivity contribution in [3.63, 3.8) is 0 Å². The van der Waals surface area contributed by atoms with Gasteiger partial charge in [0.25, 0.3) is 0 Å². The van der Waals surface area contributed by atoms with E-state index >= 15 is 0 Å². The lowest BCUT2D eigenvalue weighted by atomic mass is 9.97. The van der Waals surface area contributed by atoms with E-state index in [0.717, 1.165) is 29.6 Å². The maximum absolute atomic E-state index is 11.8. The minimum absolute atomic E-state index is 0.168. The Labute approximate surface area is 148 Å². The number of allylic oxidation sites excluding steroid dienone is 8. The number of ether oxygens (including phenoxy) is 1. The first-order valence-corrected chi connectivity index (χ1v) is 8.68. The Balaban J connectivity index is 4.73. The van der Waals surface area contributed by atoms with Crippen molar-refractivity contribution in [3.05, 3.63) is 59.8 Å². The molecular weight excluding hydrogens is 296 g/mol. The molecule has 0 N–H and O–H groups in total. The van der Waals surface area contributed by atoms with Gasteiger partial charge in [0.1, 0.15) is 0 Å². The summed E-state index contributed by atoms with van der Waals surface area (Å²) < 4.78 is 5.91. The van der Waals surface area contributed by atoms with E-state index in [2.05, 4.69) is 25.7 Å². The maximum Gasteiger partial charge on any atom is 0.159 e. The topological polar surface area (TPSA) is 26.3 Å². The summed E-state index contributed by atoms with van der Waals surface area (Å²) in [5.74, 6) is 0.168. The summed E-state index contributed by atoms with van der Waals surface area (Å²) in [5, 5.41) is 0. The molecule has 0 unspecified atom stereocenters. The molecule has 0 saturated heterocycles. The quantitative estimate of drug-likeness (QED) is 0.259. The highest BCUT2D eigenvalue weighted by molar-refractivity contribution is 5.91. The van der Waals surface area contributed by atoms with Crippen LogP contribution in [0.1, 0.15) is 60.8 Å². The number of carbonyl (C=O) groups is 1. The molecule has 0 fully saturated rings. The van der Waals surface area contributed by atoms with Crippen LogP contribution < -0.4 is 0 Å². The lowest BCUT2D eigenvalue weighted by Gasteiger charge is -2.25. The maximum atomic E-state index is 11.8. The highest BCUT2D eigenvalue weighted by Crippen LogP contribution is 2.21. The SMILES string of the molecule is C=C/C(C)=C/C=C/[C@@](C)(CC/C=C(\C)CC(=O)C=C(C)C)OCC. The number of hydrogen-bond donors (Lipinski definition) is 0. The minimum Gasteiger partial charge on any atom is -0.371 e. The summed E-state index contributed by atoms with van der Waals surface area (Å²) in [6.07, 6.45) is 14.1. The van der Waals surface area contributed by atoms with Crippen LogP contribution in [0.4, 0.5) is 0 Å². The van der Waals surface area contributed by atoms with Crippen LogP contribution in [0.2, 0.25) is 0 Å². The van der Waals surface area contributed by atoms with E-state index in [-0.39, 0.29) is 11.4 Å². The summed E-state index contributed by atoms with van der Waals surface area (Å²) >= 11 is 0. The molecule has 0 amide bonds. The van der Waals surface area contributed by atoms with Gasteiger partial charge < -0.3 is 4.74 Å². The third-order valence-electron chi connectivity index (χ3n) is 3.64. The van der Waals surface area contributed by atoms with Crippen LogP contribution in [0.5, 0.6) is 0 Å². The number of rotatable bonds is 11. The van der Waals surface area contributed by atoms with E-state index in [1.54, 1.807) is 6.08 Å². The summed E-state index contributed by atoms with van der Waals surface area (Å²) in [6.45, 7) is 16.5. The van der Waals surface area contributed by atoms with Crippen LogP contribution in [0, 0.1) is 0 Å². The molecule has 0 rings (SSSR count). The second-order valence-electron chi connectivity index (χ2n) is 6.67. The van der Waals surface area contributed by atoms with Gasteiger partial charge in [0.15, 0.2) is 5.78 Å². The zero-order valence-electron chi connectivity index (χ0n) is 16.3. The fourth-order valence-electron chi connectivity index (χ4n) is 2.33. The third kappa shape index (κ3) is 11.0. The highest BCUT2D eigenvalue weighted by atomic mass is 16.5. The van der Waals surface area contributed by atoms with E-state index in [4.69, 9.17) is 4.74 Å². The predicted octanol–water partition coefficient (Wildman–Crippen LogP) is 6.12. The zero-order valence-corrected chi connectivity index (χ0v) is 16.3. The van der Waals surface area contributed by atoms with E-state index < -0.39 is 0 Å². The van der Waals surface area contributed by atoms with Gasteiger partial charge in [0, 0.05) is 13.0 Å². The Bertz CT molecular complexity index is 528. The van der Waals surface area contributed by atoms with Crippen LogP contribution in [0.25, 0.3) is 0 Å². The van der Waals surface area contributed by atoms with Crippen LogP contribution in [-0.2, 0) is 9.53 Å². The second-order valence-corrected chi connectivity index (χ2v) is 6.67.